The van der Waals surface area contributed by atoms with Crippen LogP contribution in [0.25, 0.3) is 0 Å². The average Bonchev–Trinajstić information content (AvgIpc) is 2.64. The summed E-state index contributed by atoms with van der Waals surface area (Å²) in [6, 6.07) is 13.4. The SMILES string of the molecule is CCOc1cc(CNC(=O)CC#N)ccc1OCCOc1cc(C)cc(C)c1. The summed E-state index contributed by atoms with van der Waals surface area (Å²) in [4.78, 5) is 11.4. The van der Waals surface area contributed by atoms with E-state index in [9.17, 15) is 4.79 Å². The summed E-state index contributed by atoms with van der Waals surface area (Å²) in [5.41, 5.74) is 3.19. The molecular weight excluding hydrogens is 356 g/mol. The number of amides is 1. The van der Waals surface area contributed by atoms with Crippen molar-refractivity contribution in [3.63, 3.8) is 0 Å². The zero-order valence-corrected chi connectivity index (χ0v) is 16.6. The third-order valence-corrected chi connectivity index (χ3v) is 3.84. The van der Waals surface area contributed by atoms with Crippen molar-refractivity contribution in [3.05, 3.63) is 53.1 Å². The lowest BCUT2D eigenvalue weighted by molar-refractivity contribution is -0.120. The number of hydrogen-bond acceptors (Lipinski definition) is 5. The maximum Gasteiger partial charge on any atom is 0.234 e. The van der Waals surface area contributed by atoms with Gasteiger partial charge in [0.1, 0.15) is 25.4 Å². The highest BCUT2D eigenvalue weighted by molar-refractivity contribution is 5.77. The Hall–Kier alpha value is -3.20. The Morgan fingerprint density at radius 3 is 2.39 bits per heavy atom. The van der Waals surface area contributed by atoms with E-state index in [2.05, 4.69) is 11.4 Å². The van der Waals surface area contributed by atoms with Crippen LogP contribution in [0.15, 0.2) is 36.4 Å². The zero-order chi connectivity index (χ0) is 20.4. The number of nitriles is 1. The molecule has 0 unspecified atom stereocenters. The van der Waals surface area contributed by atoms with Gasteiger partial charge >= 0.3 is 0 Å². The predicted molar refractivity (Wildman–Crippen MR) is 107 cm³/mol. The monoisotopic (exact) mass is 382 g/mol. The van der Waals surface area contributed by atoms with Crippen LogP contribution in [0, 0.1) is 25.2 Å². The van der Waals surface area contributed by atoms with E-state index in [0.717, 1.165) is 22.4 Å². The Bertz CT molecular complexity index is 823. The standard InChI is InChI=1S/C22H26N2O4/c1-4-26-21-14-18(15-24-22(25)7-8-23)5-6-20(21)28-10-9-27-19-12-16(2)11-17(3)13-19/h5-6,11-14H,4,7,9-10,15H2,1-3H3,(H,24,25). The van der Waals surface area contributed by atoms with E-state index in [1.54, 1.807) is 0 Å². The largest absolute Gasteiger partial charge is 0.490 e. The highest BCUT2D eigenvalue weighted by Gasteiger charge is 2.08. The minimum atomic E-state index is -0.302. The molecule has 0 saturated heterocycles. The van der Waals surface area contributed by atoms with Gasteiger partial charge in [0.2, 0.25) is 5.91 Å². The van der Waals surface area contributed by atoms with Crippen molar-refractivity contribution in [2.45, 2.75) is 33.7 Å². The Labute approximate surface area is 166 Å². The summed E-state index contributed by atoms with van der Waals surface area (Å²) in [5, 5.41) is 11.2. The van der Waals surface area contributed by atoms with Crippen LogP contribution in [-0.2, 0) is 11.3 Å². The number of hydrogen-bond donors (Lipinski definition) is 1. The third-order valence-electron chi connectivity index (χ3n) is 3.84. The van der Waals surface area contributed by atoms with Gasteiger partial charge in [-0.3, -0.25) is 4.79 Å². The van der Waals surface area contributed by atoms with Crippen LogP contribution < -0.4 is 19.5 Å². The van der Waals surface area contributed by atoms with Crippen LogP contribution in [-0.4, -0.2) is 25.7 Å². The van der Waals surface area contributed by atoms with Gasteiger partial charge in [0.15, 0.2) is 11.5 Å². The second-order valence-electron chi connectivity index (χ2n) is 6.35. The molecule has 6 nitrogen and oxygen atoms in total. The van der Waals surface area contributed by atoms with E-state index in [1.165, 1.54) is 0 Å². The molecule has 0 heterocycles. The van der Waals surface area contributed by atoms with E-state index in [1.807, 2.05) is 57.2 Å². The first-order chi connectivity index (χ1) is 13.5. The molecule has 6 heteroatoms. The molecule has 0 radical (unpaired) electrons. The lowest BCUT2D eigenvalue weighted by Crippen LogP contribution is -2.21. The van der Waals surface area contributed by atoms with Crippen molar-refractivity contribution in [3.8, 4) is 23.3 Å². The molecule has 0 bridgehead atoms. The number of aryl methyl sites for hydroxylation is 2. The highest BCUT2D eigenvalue weighted by Crippen LogP contribution is 2.28. The van der Waals surface area contributed by atoms with E-state index >= 15 is 0 Å². The molecule has 1 N–H and O–H groups in total. The fraction of sp³-hybridized carbons (Fsp3) is 0.364. The first kappa shape index (κ1) is 21.1. The van der Waals surface area contributed by atoms with E-state index < -0.39 is 0 Å². The number of carbonyl (C=O) groups excluding carboxylic acids is 1. The maximum atomic E-state index is 11.4. The van der Waals surface area contributed by atoms with Gasteiger partial charge in [0, 0.05) is 6.54 Å². The molecule has 0 fully saturated rings. The number of ether oxygens (including phenoxy) is 3. The molecular formula is C22H26N2O4. The van der Waals surface area contributed by atoms with Crippen molar-refractivity contribution in [2.75, 3.05) is 19.8 Å². The average molecular weight is 382 g/mol. The van der Waals surface area contributed by atoms with Gasteiger partial charge in [-0.2, -0.15) is 5.26 Å². The lowest BCUT2D eigenvalue weighted by Gasteiger charge is -2.14. The normalized spacial score (nSPS) is 10.1. The highest BCUT2D eigenvalue weighted by atomic mass is 16.5. The summed E-state index contributed by atoms with van der Waals surface area (Å²) in [5.74, 6) is 1.76. The van der Waals surface area contributed by atoms with E-state index in [4.69, 9.17) is 19.5 Å². The van der Waals surface area contributed by atoms with E-state index in [0.29, 0.717) is 37.9 Å². The summed E-state index contributed by atoms with van der Waals surface area (Å²) >= 11 is 0. The van der Waals surface area contributed by atoms with Crippen molar-refractivity contribution in [2.24, 2.45) is 0 Å². The molecule has 148 valence electrons. The molecule has 0 aliphatic heterocycles. The van der Waals surface area contributed by atoms with Crippen molar-refractivity contribution in [1.29, 1.82) is 5.26 Å². The predicted octanol–water partition coefficient (Wildman–Crippen LogP) is 3.69. The van der Waals surface area contributed by atoms with E-state index in [-0.39, 0.29) is 12.3 Å². The minimum Gasteiger partial charge on any atom is -0.490 e. The van der Waals surface area contributed by atoms with Gasteiger partial charge in [-0.05, 0) is 61.7 Å². The molecule has 0 atom stereocenters. The number of carbonyl (C=O) groups is 1. The van der Waals surface area contributed by atoms with Gasteiger partial charge in [0.05, 0.1) is 12.7 Å². The number of nitrogens with zero attached hydrogens (tertiary/aromatic N) is 1. The zero-order valence-electron chi connectivity index (χ0n) is 16.6. The fourth-order valence-electron chi connectivity index (χ4n) is 2.71. The van der Waals surface area contributed by atoms with Crippen molar-refractivity contribution in [1.82, 2.24) is 5.32 Å². The summed E-state index contributed by atoms with van der Waals surface area (Å²) in [6.07, 6.45) is -0.153. The molecule has 1 amide bonds. The molecule has 2 rings (SSSR count). The Morgan fingerprint density at radius 2 is 1.71 bits per heavy atom. The van der Waals surface area contributed by atoms with Gasteiger partial charge in [0.25, 0.3) is 0 Å². The Balaban J connectivity index is 1.91. The fourth-order valence-corrected chi connectivity index (χ4v) is 2.71. The van der Waals surface area contributed by atoms with Crippen molar-refractivity contribution < 1.29 is 19.0 Å². The van der Waals surface area contributed by atoms with Crippen LogP contribution in [0.3, 0.4) is 0 Å². The number of rotatable bonds is 10. The van der Waals surface area contributed by atoms with Gasteiger partial charge in [-0.15, -0.1) is 0 Å². The Kier molecular flexibility index (Phi) is 8.16. The van der Waals surface area contributed by atoms with Crippen LogP contribution in [0.1, 0.15) is 30.0 Å². The lowest BCUT2D eigenvalue weighted by atomic mass is 10.1. The Morgan fingerprint density at radius 1 is 1.00 bits per heavy atom. The molecule has 0 aliphatic rings. The topological polar surface area (TPSA) is 80.6 Å². The summed E-state index contributed by atoms with van der Waals surface area (Å²) in [7, 11) is 0. The second-order valence-corrected chi connectivity index (χ2v) is 6.35. The van der Waals surface area contributed by atoms with Gasteiger partial charge < -0.3 is 19.5 Å². The van der Waals surface area contributed by atoms with Gasteiger partial charge in [-0.1, -0.05) is 12.1 Å². The summed E-state index contributed by atoms with van der Waals surface area (Å²) < 4.78 is 17.2. The van der Waals surface area contributed by atoms with Gasteiger partial charge in [-0.25, -0.2) is 0 Å². The molecule has 0 aliphatic carbocycles. The molecule has 28 heavy (non-hydrogen) atoms. The molecule has 0 spiro atoms. The molecule has 0 aromatic heterocycles. The minimum absolute atomic E-state index is 0.153. The second kappa shape index (κ2) is 10.8. The van der Waals surface area contributed by atoms with Crippen LogP contribution >= 0.6 is 0 Å². The maximum absolute atomic E-state index is 11.4. The first-order valence-electron chi connectivity index (χ1n) is 9.25. The first-order valence-corrected chi connectivity index (χ1v) is 9.25. The van der Waals surface area contributed by atoms with Crippen molar-refractivity contribution >= 4 is 5.91 Å². The summed E-state index contributed by atoms with van der Waals surface area (Å²) in [6.45, 7) is 7.60. The van der Waals surface area contributed by atoms with Crippen LogP contribution in [0.2, 0.25) is 0 Å². The third kappa shape index (κ3) is 6.84. The molecule has 0 saturated carbocycles. The van der Waals surface area contributed by atoms with Crippen LogP contribution in [0.4, 0.5) is 0 Å². The quantitative estimate of drug-likeness (QED) is 0.634. The molecule has 2 aromatic carbocycles. The van der Waals surface area contributed by atoms with Crippen LogP contribution in [0.5, 0.6) is 17.2 Å². The number of nitrogens with one attached hydrogen (secondary N) is 1. The smallest absolute Gasteiger partial charge is 0.234 e. The number of benzene rings is 2. The molecule has 2 aromatic rings.